The molecule has 1 saturated heterocycles. The Morgan fingerprint density at radius 1 is 1.07 bits per heavy atom. The average molecular weight is 381 g/mol. The molecule has 2 aromatic carbocycles. The van der Waals surface area contributed by atoms with Crippen LogP contribution in [-0.2, 0) is 11.3 Å². The topological polar surface area (TPSA) is 70.2 Å². The van der Waals surface area contributed by atoms with Crippen molar-refractivity contribution in [2.45, 2.75) is 25.8 Å². The number of carbonyl (C=O) groups excluding carboxylic acids is 2. The van der Waals surface area contributed by atoms with Crippen molar-refractivity contribution >= 4 is 17.5 Å². The number of hydrogen-bond acceptors (Lipinski definition) is 3. The molecule has 1 unspecified atom stereocenters. The van der Waals surface area contributed by atoms with Crippen LogP contribution in [0.2, 0.25) is 0 Å². The highest BCUT2D eigenvalue weighted by atomic mass is 19.1. The van der Waals surface area contributed by atoms with Crippen LogP contribution in [0.5, 0.6) is 0 Å². The van der Waals surface area contributed by atoms with Crippen molar-refractivity contribution in [3.05, 3.63) is 65.5 Å². The van der Waals surface area contributed by atoms with Crippen LogP contribution in [0.25, 0.3) is 0 Å². The molecule has 1 aliphatic heterocycles. The van der Waals surface area contributed by atoms with Crippen molar-refractivity contribution in [2.24, 2.45) is 11.3 Å². The van der Waals surface area contributed by atoms with Crippen LogP contribution in [0.15, 0.2) is 48.5 Å². The lowest BCUT2D eigenvalue weighted by molar-refractivity contribution is -0.118. The second-order valence-electron chi connectivity index (χ2n) is 7.71. The number of nitrogens with one attached hydrogen (secondary N) is 3. The summed E-state index contributed by atoms with van der Waals surface area (Å²) in [5.74, 6) is -0.457. The van der Waals surface area contributed by atoms with Crippen molar-refractivity contribution in [1.29, 1.82) is 0 Å². The lowest BCUT2D eigenvalue weighted by atomic mass is 9.92. The molecule has 1 aliphatic carbocycles. The van der Waals surface area contributed by atoms with E-state index in [1.54, 1.807) is 42.5 Å². The molecule has 2 fully saturated rings. The number of benzene rings is 2. The standard InChI is InChI=1S/C22H24FN3O2/c23-19-4-2-1-3-16(19)14-25-20(27)15-5-7-17(8-6-15)26-21(28)18-13-22(18)9-11-24-12-10-22/h1-8,18,24H,9-14H2,(H,25,27)(H,26,28). The summed E-state index contributed by atoms with van der Waals surface area (Å²) in [7, 11) is 0. The fourth-order valence-electron chi connectivity index (χ4n) is 4.05. The first-order chi connectivity index (χ1) is 13.6. The monoisotopic (exact) mass is 381 g/mol. The summed E-state index contributed by atoms with van der Waals surface area (Å²) in [6, 6.07) is 13.1. The van der Waals surface area contributed by atoms with Crippen molar-refractivity contribution in [3.8, 4) is 0 Å². The van der Waals surface area contributed by atoms with Crippen LogP contribution in [0.4, 0.5) is 10.1 Å². The maximum Gasteiger partial charge on any atom is 0.251 e. The zero-order chi connectivity index (χ0) is 19.6. The molecule has 0 radical (unpaired) electrons. The number of halogens is 1. The van der Waals surface area contributed by atoms with Gasteiger partial charge in [-0.15, -0.1) is 0 Å². The summed E-state index contributed by atoms with van der Waals surface area (Å²) in [5, 5.41) is 9.02. The number of amides is 2. The molecule has 1 atom stereocenters. The number of hydrogen-bond donors (Lipinski definition) is 3. The highest BCUT2D eigenvalue weighted by molar-refractivity contribution is 5.97. The Balaban J connectivity index is 1.30. The fraction of sp³-hybridized carbons (Fsp3) is 0.364. The molecule has 146 valence electrons. The second-order valence-corrected chi connectivity index (χ2v) is 7.71. The summed E-state index contributed by atoms with van der Waals surface area (Å²) in [5.41, 5.74) is 1.79. The van der Waals surface area contributed by atoms with E-state index in [-0.39, 0.29) is 35.5 Å². The van der Waals surface area contributed by atoms with Gasteiger partial charge in [0, 0.05) is 29.3 Å². The van der Waals surface area contributed by atoms with Crippen LogP contribution in [0.3, 0.4) is 0 Å². The van der Waals surface area contributed by atoms with Gasteiger partial charge in [0.1, 0.15) is 5.82 Å². The first kappa shape index (κ1) is 18.6. The van der Waals surface area contributed by atoms with Gasteiger partial charge in [0.15, 0.2) is 0 Å². The van der Waals surface area contributed by atoms with Gasteiger partial charge in [-0.1, -0.05) is 18.2 Å². The molecular weight excluding hydrogens is 357 g/mol. The largest absolute Gasteiger partial charge is 0.348 e. The first-order valence-corrected chi connectivity index (χ1v) is 9.71. The van der Waals surface area contributed by atoms with Gasteiger partial charge in [0.05, 0.1) is 0 Å². The Labute approximate surface area is 163 Å². The molecule has 1 heterocycles. The number of piperidine rings is 1. The third kappa shape index (κ3) is 3.92. The van der Waals surface area contributed by atoms with Crippen molar-refractivity contribution in [2.75, 3.05) is 18.4 Å². The molecule has 1 spiro atoms. The van der Waals surface area contributed by atoms with E-state index in [0.29, 0.717) is 16.8 Å². The molecule has 5 nitrogen and oxygen atoms in total. The van der Waals surface area contributed by atoms with E-state index in [1.807, 2.05) is 0 Å². The lowest BCUT2D eigenvalue weighted by Gasteiger charge is -2.23. The number of rotatable bonds is 5. The predicted octanol–water partition coefficient (Wildman–Crippen LogP) is 3.08. The van der Waals surface area contributed by atoms with Crippen LogP contribution in [-0.4, -0.2) is 24.9 Å². The Bertz CT molecular complexity index is 876. The van der Waals surface area contributed by atoms with Gasteiger partial charge < -0.3 is 16.0 Å². The summed E-state index contributed by atoms with van der Waals surface area (Å²) >= 11 is 0. The van der Waals surface area contributed by atoms with E-state index >= 15 is 0 Å². The smallest absolute Gasteiger partial charge is 0.251 e. The molecule has 0 aromatic heterocycles. The third-order valence-corrected chi connectivity index (χ3v) is 5.92. The lowest BCUT2D eigenvalue weighted by Crippen LogP contribution is -2.31. The molecule has 6 heteroatoms. The molecule has 28 heavy (non-hydrogen) atoms. The summed E-state index contributed by atoms with van der Waals surface area (Å²) in [6.07, 6.45) is 3.09. The van der Waals surface area contributed by atoms with Gasteiger partial charge in [-0.05, 0) is 68.1 Å². The van der Waals surface area contributed by atoms with Gasteiger partial charge in [0.2, 0.25) is 5.91 Å². The van der Waals surface area contributed by atoms with E-state index in [0.717, 1.165) is 32.4 Å². The Morgan fingerprint density at radius 2 is 1.79 bits per heavy atom. The maximum atomic E-state index is 13.6. The van der Waals surface area contributed by atoms with Gasteiger partial charge in [-0.25, -0.2) is 4.39 Å². The molecule has 3 N–H and O–H groups in total. The molecule has 2 aliphatic rings. The molecule has 2 amide bonds. The van der Waals surface area contributed by atoms with Gasteiger partial charge in [-0.2, -0.15) is 0 Å². The first-order valence-electron chi connectivity index (χ1n) is 9.71. The normalized spacial score (nSPS) is 19.8. The third-order valence-electron chi connectivity index (χ3n) is 5.92. The van der Waals surface area contributed by atoms with Crippen molar-refractivity contribution < 1.29 is 14.0 Å². The van der Waals surface area contributed by atoms with E-state index in [1.165, 1.54) is 6.07 Å². The molecule has 1 saturated carbocycles. The molecule has 0 bridgehead atoms. The minimum absolute atomic E-state index is 0.0682. The summed E-state index contributed by atoms with van der Waals surface area (Å²) in [4.78, 5) is 24.8. The number of carbonyl (C=O) groups is 2. The van der Waals surface area contributed by atoms with E-state index in [9.17, 15) is 14.0 Å². The summed E-state index contributed by atoms with van der Waals surface area (Å²) in [6.45, 7) is 2.10. The van der Waals surface area contributed by atoms with E-state index < -0.39 is 0 Å². The summed E-state index contributed by atoms with van der Waals surface area (Å²) < 4.78 is 13.6. The second kappa shape index (κ2) is 7.72. The SMILES string of the molecule is O=C(NCc1ccccc1F)c1ccc(NC(=O)C2CC23CCNCC3)cc1. The highest BCUT2D eigenvalue weighted by Crippen LogP contribution is 2.58. The van der Waals surface area contributed by atoms with Gasteiger partial charge in [0.25, 0.3) is 5.91 Å². The van der Waals surface area contributed by atoms with Gasteiger partial charge in [-0.3, -0.25) is 9.59 Å². The Kier molecular flexibility index (Phi) is 5.13. The quantitative estimate of drug-likeness (QED) is 0.745. The van der Waals surface area contributed by atoms with Gasteiger partial charge >= 0.3 is 0 Å². The predicted molar refractivity (Wildman–Crippen MR) is 105 cm³/mol. The zero-order valence-electron chi connectivity index (χ0n) is 15.6. The molecule has 2 aromatic rings. The highest BCUT2D eigenvalue weighted by Gasteiger charge is 2.57. The maximum absolute atomic E-state index is 13.6. The van der Waals surface area contributed by atoms with E-state index in [2.05, 4.69) is 16.0 Å². The van der Waals surface area contributed by atoms with Crippen molar-refractivity contribution in [3.63, 3.8) is 0 Å². The molecule has 4 rings (SSSR count). The fourth-order valence-corrected chi connectivity index (χ4v) is 4.05. The van der Waals surface area contributed by atoms with Crippen LogP contribution < -0.4 is 16.0 Å². The van der Waals surface area contributed by atoms with Crippen LogP contribution in [0.1, 0.15) is 35.2 Å². The minimum Gasteiger partial charge on any atom is -0.348 e. The van der Waals surface area contributed by atoms with E-state index in [4.69, 9.17) is 0 Å². The van der Waals surface area contributed by atoms with Crippen molar-refractivity contribution in [1.82, 2.24) is 10.6 Å². The van der Waals surface area contributed by atoms with Crippen LogP contribution >= 0.6 is 0 Å². The number of anilines is 1. The Morgan fingerprint density at radius 3 is 2.50 bits per heavy atom. The molecular formula is C22H24FN3O2. The Hall–Kier alpha value is -2.73. The van der Waals surface area contributed by atoms with Crippen LogP contribution in [0, 0.1) is 17.2 Å². The zero-order valence-corrected chi connectivity index (χ0v) is 15.6. The minimum atomic E-state index is -0.340. The average Bonchev–Trinajstić information content (AvgIpc) is 3.41.